The zero-order valence-corrected chi connectivity index (χ0v) is 12.3. The predicted molar refractivity (Wildman–Crippen MR) is 76.5 cm³/mol. The molecular formula is C15H33NO. The number of hydrogen-bond acceptors (Lipinski definition) is 2. The van der Waals surface area contributed by atoms with E-state index in [0.29, 0.717) is 0 Å². The van der Waals surface area contributed by atoms with Gasteiger partial charge in [-0.15, -0.1) is 0 Å². The van der Waals surface area contributed by atoms with Crippen molar-refractivity contribution < 1.29 is 4.74 Å². The monoisotopic (exact) mass is 243 g/mol. The number of unbranched alkanes of at least 4 members (excludes halogenated alkanes) is 5. The molecule has 0 aromatic rings. The molecule has 0 radical (unpaired) electrons. The van der Waals surface area contributed by atoms with E-state index in [2.05, 4.69) is 26.1 Å². The lowest BCUT2D eigenvalue weighted by molar-refractivity contribution is 0.127. The summed E-state index contributed by atoms with van der Waals surface area (Å²) in [5.74, 6) is 0.749. The lowest BCUT2D eigenvalue weighted by Gasteiger charge is -2.07. The first kappa shape index (κ1) is 16.9. The smallest absolute Gasteiger partial charge is 0.0478 e. The van der Waals surface area contributed by atoms with Crippen molar-refractivity contribution >= 4 is 0 Å². The molecule has 0 unspecified atom stereocenters. The molecule has 104 valence electrons. The van der Waals surface area contributed by atoms with E-state index in [-0.39, 0.29) is 0 Å². The zero-order chi connectivity index (χ0) is 12.8. The Morgan fingerprint density at radius 2 is 1.53 bits per heavy atom. The van der Waals surface area contributed by atoms with Gasteiger partial charge in [0.2, 0.25) is 0 Å². The van der Waals surface area contributed by atoms with E-state index in [9.17, 15) is 0 Å². The normalized spacial score (nSPS) is 11.3. The Balaban J connectivity index is 2.89. The van der Waals surface area contributed by atoms with E-state index in [1.165, 1.54) is 38.5 Å². The van der Waals surface area contributed by atoms with Gasteiger partial charge in [0.15, 0.2) is 0 Å². The van der Waals surface area contributed by atoms with Crippen LogP contribution < -0.4 is 5.32 Å². The van der Waals surface area contributed by atoms with E-state index in [4.69, 9.17) is 4.74 Å². The Morgan fingerprint density at radius 3 is 2.24 bits per heavy atom. The maximum absolute atomic E-state index is 5.61. The standard InChI is InChI=1S/C15H33NO/c1-4-5-6-7-8-9-12-17-13-10-11-16-14-15(2)3/h15-16H,4-14H2,1-3H3. The van der Waals surface area contributed by atoms with Gasteiger partial charge < -0.3 is 10.1 Å². The van der Waals surface area contributed by atoms with Gasteiger partial charge in [0.1, 0.15) is 0 Å². The van der Waals surface area contributed by atoms with Gasteiger partial charge in [-0.2, -0.15) is 0 Å². The van der Waals surface area contributed by atoms with Crippen LogP contribution in [-0.4, -0.2) is 26.3 Å². The van der Waals surface area contributed by atoms with E-state index in [1.54, 1.807) is 0 Å². The van der Waals surface area contributed by atoms with Crippen molar-refractivity contribution in [2.45, 2.75) is 65.7 Å². The minimum absolute atomic E-state index is 0.749. The molecule has 0 aliphatic carbocycles. The second kappa shape index (κ2) is 14.0. The Hall–Kier alpha value is -0.0800. The first-order chi connectivity index (χ1) is 8.27. The Bertz CT molecular complexity index is 137. The molecule has 0 aromatic heterocycles. The molecule has 2 nitrogen and oxygen atoms in total. The molecule has 0 rings (SSSR count). The Morgan fingerprint density at radius 1 is 0.882 bits per heavy atom. The van der Waals surface area contributed by atoms with Crippen molar-refractivity contribution in [3.8, 4) is 0 Å². The van der Waals surface area contributed by atoms with Crippen LogP contribution in [0.4, 0.5) is 0 Å². The summed E-state index contributed by atoms with van der Waals surface area (Å²) < 4.78 is 5.61. The molecule has 17 heavy (non-hydrogen) atoms. The molecule has 0 spiro atoms. The molecule has 0 aliphatic heterocycles. The van der Waals surface area contributed by atoms with E-state index >= 15 is 0 Å². The van der Waals surface area contributed by atoms with Crippen LogP contribution in [0.5, 0.6) is 0 Å². The minimum atomic E-state index is 0.749. The highest BCUT2D eigenvalue weighted by atomic mass is 16.5. The minimum Gasteiger partial charge on any atom is -0.381 e. The van der Waals surface area contributed by atoms with Crippen molar-refractivity contribution in [3.05, 3.63) is 0 Å². The molecule has 0 saturated carbocycles. The molecule has 0 saturated heterocycles. The maximum Gasteiger partial charge on any atom is 0.0478 e. The number of hydrogen-bond donors (Lipinski definition) is 1. The lowest BCUT2D eigenvalue weighted by Crippen LogP contribution is -2.21. The molecule has 0 atom stereocenters. The Labute approximate surface area is 109 Å². The third-order valence-electron chi connectivity index (χ3n) is 2.84. The van der Waals surface area contributed by atoms with Crippen LogP contribution in [0.1, 0.15) is 65.7 Å². The summed E-state index contributed by atoms with van der Waals surface area (Å²) in [6, 6.07) is 0. The van der Waals surface area contributed by atoms with Crippen molar-refractivity contribution in [2.75, 3.05) is 26.3 Å². The summed E-state index contributed by atoms with van der Waals surface area (Å²) in [5, 5.41) is 3.43. The molecule has 0 bridgehead atoms. The van der Waals surface area contributed by atoms with Gasteiger partial charge in [0, 0.05) is 13.2 Å². The van der Waals surface area contributed by atoms with Crippen LogP contribution in [0.2, 0.25) is 0 Å². The molecule has 0 amide bonds. The van der Waals surface area contributed by atoms with Crippen molar-refractivity contribution in [2.24, 2.45) is 5.92 Å². The topological polar surface area (TPSA) is 21.3 Å². The number of rotatable bonds is 13. The van der Waals surface area contributed by atoms with Crippen molar-refractivity contribution in [1.29, 1.82) is 0 Å². The maximum atomic E-state index is 5.61. The molecule has 0 heterocycles. The molecule has 0 fully saturated rings. The van der Waals surface area contributed by atoms with Crippen molar-refractivity contribution in [1.82, 2.24) is 5.32 Å². The second-order valence-electron chi connectivity index (χ2n) is 5.33. The zero-order valence-electron chi connectivity index (χ0n) is 12.3. The van der Waals surface area contributed by atoms with E-state index in [0.717, 1.165) is 38.6 Å². The third-order valence-corrected chi connectivity index (χ3v) is 2.84. The van der Waals surface area contributed by atoms with Gasteiger partial charge in [-0.05, 0) is 31.8 Å². The molecule has 2 heteroatoms. The van der Waals surface area contributed by atoms with Crippen LogP contribution in [0, 0.1) is 5.92 Å². The second-order valence-corrected chi connectivity index (χ2v) is 5.33. The van der Waals surface area contributed by atoms with Crippen molar-refractivity contribution in [3.63, 3.8) is 0 Å². The van der Waals surface area contributed by atoms with Gasteiger partial charge in [-0.3, -0.25) is 0 Å². The van der Waals surface area contributed by atoms with Crippen LogP contribution in [0.15, 0.2) is 0 Å². The van der Waals surface area contributed by atoms with Crippen LogP contribution >= 0.6 is 0 Å². The highest BCUT2D eigenvalue weighted by Crippen LogP contribution is 2.04. The average Bonchev–Trinajstić information content (AvgIpc) is 2.30. The van der Waals surface area contributed by atoms with E-state index in [1.807, 2.05) is 0 Å². The fourth-order valence-corrected chi connectivity index (χ4v) is 1.78. The van der Waals surface area contributed by atoms with Gasteiger partial charge >= 0.3 is 0 Å². The number of nitrogens with one attached hydrogen (secondary N) is 1. The largest absolute Gasteiger partial charge is 0.381 e. The van der Waals surface area contributed by atoms with E-state index < -0.39 is 0 Å². The first-order valence-corrected chi connectivity index (χ1v) is 7.55. The molecular weight excluding hydrogens is 210 g/mol. The average molecular weight is 243 g/mol. The number of ether oxygens (including phenoxy) is 1. The fourth-order valence-electron chi connectivity index (χ4n) is 1.78. The third kappa shape index (κ3) is 15.9. The summed E-state index contributed by atoms with van der Waals surface area (Å²) in [5.41, 5.74) is 0. The molecule has 1 N–H and O–H groups in total. The quantitative estimate of drug-likeness (QED) is 0.494. The summed E-state index contributed by atoms with van der Waals surface area (Å²) in [7, 11) is 0. The van der Waals surface area contributed by atoms with Gasteiger partial charge in [-0.1, -0.05) is 52.9 Å². The highest BCUT2D eigenvalue weighted by molar-refractivity contribution is 4.51. The summed E-state index contributed by atoms with van der Waals surface area (Å²) in [6.45, 7) is 10.8. The lowest BCUT2D eigenvalue weighted by atomic mass is 10.1. The van der Waals surface area contributed by atoms with Crippen LogP contribution in [0.3, 0.4) is 0 Å². The fraction of sp³-hybridized carbons (Fsp3) is 1.00. The SMILES string of the molecule is CCCCCCCCOCCCNCC(C)C. The van der Waals surface area contributed by atoms with Gasteiger partial charge in [-0.25, -0.2) is 0 Å². The summed E-state index contributed by atoms with van der Waals surface area (Å²) >= 11 is 0. The molecule has 0 aromatic carbocycles. The summed E-state index contributed by atoms with van der Waals surface area (Å²) in [6.07, 6.45) is 9.22. The first-order valence-electron chi connectivity index (χ1n) is 7.55. The Kier molecular flexibility index (Phi) is 13.9. The molecule has 0 aliphatic rings. The van der Waals surface area contributed by atoms with Crippen LogP contribution in [0.25, 0.3) is 0 Å². The van der Waals surface area contributed by atoms with Crippen LogP contribution in [-0.2, 0) is 4.74 Å². The van der Waals surface area contributed by atoms with Gasteiger partial charge in [0.25, 0.3) is 0 Å². The highest BCUT2D eigenvalue weighted by Gasteiger charge is 1.93. The predicted octanol–water partition coefficient (Wildman–Crippen LogP) is 4.00. The summed E-state index contributed by atoms with van der Waals surface area (Å²) in [4.78, 5) is 0. The van der Waals surface area contributed by atoms with Gasteiger partial charge in [0.05, 0.1) is 0 Å².